The molecule has 1 aromatic heterocycles. The number of methoxy groups -OCH3 is 1. The maximum Gasteiger partial charge on any atom is 0.216 e. The minimum Gasteiger partial charge on any atom is -0.481 e. The Balaban J connectivity index is 2.85. The van der Waals surface area contributed by atoms with E-state index < -0.39 is 0 Å². The molecule has 0 amide bonds. The number of aromatic nitrogens is 2. The van der Waals surface area contributed by atoms with Gasteiger partial charge in [0.2, 0.25) is 5.88 Å². The molecule has 1 aromatic rings. The molecule has 4 nitrogen and oxygen atoms in total. The van der Waals surface area contributed by atoms with E-state index >= 15 is 0 Å². The number of rotatable bonds is 6. The molecule has 0 saturated heterocycles. The maximum atomic E-state index is 5.12. The van der Waals surface area contributed by atoms with Crippen molar-refractivity contribution in [3.05, 3.63) is 18.1 Å². The van der Waals surface area contributed by atoms with Gasteiger partial charge in [0.25, 0.3) is 0 Å². The van der Waals surface area contributed by atoms with Gasteiger partial charge in [-0.25, -0.2) is 9.97 Å². The van der Waals surface area contributed by atoms with Gasteiger partial charge in [-0.2, -0.15) is 0 Å². The predicted molar refractivity (Wildman–Crippen MR) is 64.8 cm³/mol. The highest BCUT2D eigenvalue weighted by atomic mass is 16.5. The van der Waals surface area contributed by atoms with Crippen LogP contribution in [0.5, 0.6) is 5.88 Å². The highest BCUT2D eigenvalue weighted by Gasteiger charge is 2.18. The average molecular weight is 223 g/mol. The third-order valence-corrected chi connectivity index (χ3v) is 2.82. The highest BCUT2D eigenvalue weighted by molar-refractivity contribution is 5.18. The number of nitrogens with one attached hydrogen (secondary N) is 1. The van der Waals surface area contributed by atoms with Crippen LogP contribution in [0.25, 0.3) is 0 Å². The van der Waals surface area contributed by atoms with Crippen LogP contribution in [0, 0.1) is 0 Å². The number of ether oxygens (including phenoxy) is 1. The second-order valence-electron chi connectivity index (χ2n) is 3.85. The summed E-state index contributed by atoms with van der Waals surface area (Å²) in [5, 5.41) is 3.43. The van der Waals surface area contributed by atoms with Gasteiger partial charge in [-0.1, -0.05) is 13.8 Å². The summed E-state index contributed by atoms with van der Waals surface area (Å²) in [5.41, 5.74) is 1.04. The number of likely N-dealkylation sites (N-methyl/N-ethyl adjacent to an activating group) is 1. The van der Waals surface area contributed by atoms with Crippen molar-refractivity contribution in [1.29, 1.82) is 0 Å². The molecule has 1 rings (SSSR count). The number of nitrogens with zero attached hydrogens (tertiary/aromatic N) is 2. The molecule has 2 atom stereocenters. The minimum absolute atomic E-state index is 0.400. The third kappa shape index (κ3) is 3.17. The summed E-state index contributed by atoms with van der Waals surface area (Å²) < 4.78 is 5.12. The summed E-state index contributed by atoms with van der Waals surface area (Å²) in [4.78, 5) is 8.36. The summed E-state index contributed by atoms with van der Waals surface area (Å²) in [6.07, 6.45) is 2.61. The summed E-state index contributed by atoms with van der Waals surface area (Å²) >= 11 is 0. The normalized spacial score (nSPS) is 14.5. The molecular formula is C12H21N3O. The molecule has 0 spiro atoms. The molecule has 0 bridgehead atoms. The first-order chi connectivity index (χ1) is 7.72. The first-order valence-electron chi connectivity index (χ1n) is 5.82. The van der Waals surface area contributed by atoms with Crippen LogP contribution < -0.4 is 10.1 Å². The second-order valence-corrected chi connectivity index (χ2v) is 3.85. The molecule has 0 saturated carbocycles. The van der Waals surface area contributed by atoms with Crippen molar-refractivity contribution < 1.29 is 4.74 Å². The lowest BCUT2D eigenvalue weighted by Gasteiger charge is -2.22. The average Bonchev–Trinajstić information content (AvgIpc) is 2.31. The maximum absolute atomic E-state index is 5.12. The van der Waals surface area contributed by atoms with E-state index in [1.54, 1.807) is 13.4 Å². The van der Waals surface area contributed by atoms with Gasteiger partial charge < -0.3 is 10.1 Å². The Morgan fingerprint density at radius 1 is 1.38 bits per heavy atom. The molecule has 1 N–H and O–H groups in total. The summed E-state index contributed by atoms with van der Waals surface area (Å²) in [6, 6.07) is 2.33. The van der Waals surface area contributed by atoms with Gasteiger partial charge in [0, 0.05) is 18.0 Å². The first-order valence-corrected chi connectivity index (χ1v) is 5.82. The first kappa shape index (κ1) is 12.9. The van der Waals surface area contributed by atoms with E-state index in [1.807, 2.05) is 6.07 Å². The van der Waals surface area contributed by atoms with Crippen LogP contribution in [0.1, 0.15) is 38.8 Å². The van der Waals surface area contributed by atoms with Crippen LogP contribution in [-0.4, -0.2) is 29.7 Å². The molecule has 90 valence electrons. The molecule has 2 unspecified atom stereocenters. The van der Waals surface area contributed by atoms with Crippen LogP contribution in [-0.2, 0) is 0 Å². The van der Waals surface area contributed by atoms with Gasteiger partial charge in [-0.05, 0) is 19.9 Å². The third-order valence-electron chi connectivity index (χ3n) is 2.82. The summed E-state index contributed by atoms with van der Waals surface area (Å²) in [5.74, 6) is 1.03. The summed E-state index contributed by atoms with van der Waals surface area (Å²) in [6.45, 7) is 7.45. The Bertz CT molecular complexity index is 317. The fourth-order valence-corrected chi connectivity index (χ4v) is 1.95. The van der Waals surface area contributed by atoms with E-state index in [4.69, 9.17) is 4.74 Å². The van der Waals surface area contributed by atoms with Gasteiger partial charge in [0.15, 0.2) is 0 Å². The standard InChI is InChI=1S/C12H21N3O/c1-5-10(9(3)13-6-2)11-7-12(16-4)15-8-14-11/h7-10,13H,5-6H2,1-4H3. The minimum atomic E-state index is 0.400. The van der Waals surface area contributed by atoms with Crippen LogP contribution in [0.3, 0.4) is 0 Å². The molecule has 1 heterocycles. The zero-order chi connectivity index (χ0) is 12.0. The predicted octanol–water partition coefficient (Wildman–Crippen LogP) is 1.98. The molecule has 0 aliphatic carbocycles. The quantitative estimate of drug-likeness (QED) is 0.801. The lowest BCUT2D eigenvalue weighted by atomic mass is 9.94. The van der Waals surface area contributed by atoms with Gasteiger partial charge in [-0.3, -0.25) is 0 Å². The largest absolute Gasteiger partial charge is 0.481 e. The SMILES string of the molecule is CCNC(C)C(CC)c1cc(OC)ncn1. The molecule has 0 aliphatic rings. The fourth-order valence-electron chi connectivity index (χ4n) is 1.95. The van der Waals surface area contributed by atoms with E-state index in [0.29, 0.717) is 17.8 Å². The van der Waals surface area contributed by atoms with Crippen molar-refractivity contribution in [3.63, 3.8) is 0 Å². The smallest absolute Gasteiger partial charge is 0.216 e. The van der Waals surface area contributed by atoms with E-state index in [-0.39, 0.29) is 0 Å². The number of hydrogen-bond donors (Lipinski definition) is 1. The van der Waals surface area contributed by atoms with Crippen molar-refractivity contribution >= 4 is 0 Å². The molecular weight excluding hydrogens is 202 g/mol. The van der Waals surface area contributed by atoms with Gasteiger partial charge in [0.1, 0.15) is 6.33 Å². The molecule has 0 aromatic carbocycles. The molecule has 0 fully saturated rings. The number of hydrogen-bond acceptors (Lipinski definition) is 4. The van der Waals surface area contributed by atoms with Crippen molar-refractivity contribution in [3.8, 4) is 5.88 Å². The van der Waals surface area contributed by atoms with Gasteiger partial charge in [-0.15, -0.1) is 0 Å². The second kappa shape index (κ2) is 6.43. The van der Waals surface area contributed by atoms with Crippen molar-refractivity contribution in [2.45, 2.75) is 39.2 Å². The van der Waals surface area contributed by atoms with Crippen molar-refractivity contribution in [2.75, 3.05) is 13.7 Å². The Kier molecular flexibility index (Phi) is 5.19. The molecule has 4 heteroatoms. The van der Waals surface area contributed by atoms with Gasteiger partial charge in [0.05, 0.1) is 12.8 Å². The van der Waals surface area contributed by atoms with Crippen LogP contribution in [0.15, 0.2) is 12.4 Å². The Morgan fingerprint density at radius 2 is 2.12 bits per heavy atom. The van der Waals surface area contributed by atoms with E-state index in [1.165, 1.54) is 0 Å². The van der Waals surface area contributed by atoms with Crippen molar-refractivity contribution in [2.24, 2.45) is 0 Å². The van der Waals surface area contributed by atoms with Gasteiger partial charge >= 0.3 is 0 Å². The lowest BCUT2D eigenvalue weighted by molar-refractivity contribution is 0.391. The topological polar surface area (TPSA) is 47.0 Å². The zero-order valence-electron chi connectivity index (χ0n) is 10.5. The van der Waals surface area contributed by atoms with Crippen LogP contribution in [0.2, 0.25) is 0 Å². The van der Waals surface area contributed by atoms with E-state index in [0.717, 1.165) is 18.7 Å². The van der Waals surface area contributed by atoms with Crippen molar-refractivity contribution in [1.82, 2.24) is 15.3 Å². The van der Waals surface area contributed by atoms with E-state index in [9.17, 15) is 0 Å². The lowest BCUT2D eigenvalue weighted by Crippen LogP contribution is -2.32. The zero-order valence-corrected chi connectivity index (χ0v) is 10.5. The Labute approximate surface area is 97.5 Å². The molecule has 0 radical (unpaired) electrons. The van der Waals surface area contributed by atoms with Crippen LogP contribution in [0.4, 0.5) is 0 Å². The van der Waals surface area contributed by atoms with E-state index in [2.05, 4.69) is 36.1 Å². The Morgan fingerprint density at radius 3 is 2.69 bits per heavy atom. The molecule has 16 heavy (non-hydrogen) atoms. The highest BCUT2D eigenvalue weighted by Crippen LogP contribution is 2.23. The monoisotopic (exact) mass is 223 g/mol. The summed E-state index contributed by atoms with van der Waals surface area (Å²) in [7, 11) is 1.63. The molecule has 0 aliphatic heterocycles. The van der Waals surface area contributed by atoms with Crippen LogP contribution >= 0.6 is 0 Å². The fraction of sp³-hybridized carbons (Fsp3) is 0.667. The Hall–Kier alpha value is -1.16.